The highest BCUT2D eigenvalue weighted by Crippen LogP contribution is 2.47. The van der Waals surface area contributed by atoms with Crippen LogP contribution in [-0.4, -0.2) is 41.7 Å². The molecule has 0 saturated carbocycles. The fraction of sp³-hybridized carbons (Fsp3) is 0.333. The smallest absolute Gasteiger partial charge is 0.342 e. The number of halogens is 3. The van der Waals surface area contributed by atoms with E-state index >= 15 is 4.39 Å². The summed E-state index contributed by atoms with van der Waals surface area (Å²) in [7, 11) is 1.83. The second-order valence-electron chi connectivity index (χ2n) is 7.48. The summed E-state index contributed by atoms with van der Waals surface area (Å²) in [5, 5.41) is 11.4. The van der Waals surface area contributed by atoms with Crippen LogP contribution in [0.1, 0.15) is 22.5 Å². The first kappa shape index (κ1) is 23.4. The van der Waals surface area contributed by atoms with Gasteiger partial charge in [0.15, 0.2) is 5.82 Å². The van der Waals surface area contributed by atoms with E-state index in [1.807, 2.05) is 22.2 Å². The first-order valence-electron chi connectivity index (χ1n) is 9.11. The molecule has 5 rings (SSSR count). The van der Waals surface area contributed by atoms with E-state index in [9.17, 15) is 14.7 Å². The van der Waals surface area contributed by atoms with Gasteiger partial charge in [-0.05, 0) is 6.42 Å². The Labute approximate surface area is 192 Å². The lowest BCUT2D eigenvalue weighted by Gasteiger charge is -2.33. The molecule has 0 bridgehead atoms. The lowest BCUT2D eigenvalue weighted by Crippen LogP contribution is -2.33. The van der Waals surface area contributed by atoms with Gasteiger partial charge < -0.3 is 26.1 Å². The van der Waals surface area contributed by atoms with Crippen molar-refractivity contribution in [1.82, 2.24) is 4.40 Å². The van der Waals surface area contributed by atoms with Gasteiger partial charge in [0.2, 0.25) is 5.43 Å². The summed E-state index contributed by atoms with van der Waals surface area (Å²) in [4.78, 5) is 29.1. The summed E-state index contributed by atoms with van der Waals surface area (Å²) in [5.41, 5.74) is 9.18. The van der Waals surface area contributed by atoms with E-state index in [1.165, 1.54) is 11.3 Å². The SMILES string of the molecule is CN1Cc2csc3c(C(=O)O)c(=O)c4c(NN)c(F)c(N5CCC(N)C5)c1c4n23.Cl.Cl. The van der Waals surface area contributed by atoms with Gasteiger partial charge in [-0.2, -0.15) is 0 Å². The molecule has 6 N–H and O–H groups in total. The number of thiazole rings is 1. The van der Waals surface area contributed by atoms with E-state index in [0.29, 0.717) is 41.4 Å². The third-order valence-corrected chi connectivity index (χ3v) is 6.73. The van der Waals surface area contributed by atoms with Crippen molar-refractivity contribution >= 4 is 74.9 Å². The van der Waals surface area contributed by atoms with Gasteiger partial charge in [0.25, 0.3) is 0 Å². The van der Waals surface area contributed by atoms with Crippen LogP contribution in [0.2, 0.25) is 0 Å². The number of aromatic nitrogens is 1. The maximum atomic E-state index is 15.7. The topological polar surface area (TPSA) is 129 Å². The number of nitrogen functional groups attached to an aromatic ring is 1. The lowest BCUT2D eigenvalue weighted by atomic mass is 10.0. The number of carboxylic acid groups (broad SMARTS) is 1. The number of anilines is 3. The number of hydrazine groups is 1. The van der Waals surface area contributed by atoms with Crippen molar-refractivity contribution in [3.05, 3.63) is 32.7 Å². The number of nitrogens with one attached hydrogen (secondary N) is 1. The predicted molar refractivity (Wildman–Crippen MR) is 125 cm³/mol. The summed E-state index contributed by atoms with van der Waals surface area (Å²) in [6, 6.07) is -0.0747. The Kier molecular flexibility index (Phi) is 6.02. The maximum Gasteiger partial charge on any atom is 0.342 e. The fourth-order valence-electron chi connectivity index (χ4n) is 4.51. The van der Waals surface area contributed by atoms with Crippen LogP contribution in [0.25, 0.3) is 15.7 Å². The van der Waals surface area contributed by atoms with Crippen molar-refractivity contribution in [2.24, 2.45) is 11.6 Å². The summed E-state index contributed by atoms with van der Waals surface area (Å²) >= 11 is 1.19. The van der Waals surface area contributed by atoms with E-state index < -0.39 is 17.2 Å². The molecule has 1 saturated heterocycles. The number of carbonyl (C=O) groups is 1. The molecule has 2 aliphatic rings. The van der Waals surface area contributed by atoms with Gasteiger partial charge in [0, 0.05) is 31.6 Å². The summed E-state index contributed by atoms with van der Waals surface area (Å²) in [6.07, 6.45) is 0.725. The average Bonchev–Trinajstić information content (AvgIpc) is 3.27. The van der Waals surface area contributed by atoms with E-state index in [-0.39, 0.29) is 47.5 Å². The molecule has 4 heterocycles. The zero-order valence-corrected chi connectivity index (χ0v) is 18.8. The Bertz CT molecular complexity index is 1280. The Morgan fingerprint density at radius 3 is 2.65 bits per heavy atom. The molecule has 31 heavy (non-hydrogen) atoms. The third-order valence-electron chi connectivity index (χ3n) is 5.73. The average molecular weight is 491 g/mol. The lowest BCUT2D eigenvalue weighted by molar-refractivity contribution is 0.0697. The fourth-order valence-corrected chi connectivity index (χ4v) is 5.55. The maximum absolute atomic E-state index is 15.7. The molecule has 0 aliphatic carbocycles. The van der Waals surface area contributed by atoms with Gasteiger partial charge in [0.1, 0.15) is 21.8 Å². The number of nitrogens with zero attached hydrogens (tertiary/aromatic N) is 3. The Balaban J connectivity index is 0.00000136. The molecule has 0 spiro atoms. The van der Waals surface area contributed by atoms with Gasteiger partial charge in [-0.3, -0.25) is 15.0 Å². The molecule has 1 aromatic carbocycles. The van der Waals surface area contributed by atoms with Gasteiger partial charge in [-0.25, -0.2) is 9.18 Å². The van der Waals surface area contributed by atoms with Crippen LogP contribution in [0.4, 0.5) is 21.5 Å². The highest BCUT2D eigenvalue weighted by Gasteiger charge is 2.35. The number of hydrogen-bond donors (Lipinski definition) is 4. The molecule has 0 radical (unpaired) electrons. The van der Waals surface area contributed by atoms with Crippen molar-refractivity contribution in [2.75, 3.05) is 35.4 Å². The highest BCUT2D eigenvalue weighted by molar-refractivity contribution is 7.16. The van der Waals surface area contributed by atoms with Crippen molar-refractivity contribution in [3.63, 3.8) is 0 Å². The highest BCUT2D eigenvalue weighted by atomic mass is 35.5. The number of nitrogens with two attached hydrogens (primary N) is 2. The summed E-state index contributed by atoms with van der Waals surface area (Å²) in [6.45, 7) is 1.51. The van der Waals surface area contributed by atoms with E-state index in [4.69, 9.17) is 11.6 Å². The van der Waals surface area contributed by atoms with Crippen LogP contribution < -0.4 is 32.2 Å². The molecular weight excluding hydrogens is 470 g/mol. The van der Waals surface area contributed by atoms with Crippen LogP contribution in [-0.2, 0) is 6.54 Å². The number of benzene rings is 1. The summed E-state index contributed by atoms with van der Waals surface area (Å²) in [5.74, 6) is 3.60. The molecule has 0 amide bonds. The van der Waals surface area contributed by atoms with Gasteiger partial charge in [-0.15, -0.1) is 36.2 Å². The normalized spacial score (nSPS) is 17.2. The van der Waals surface area contributed by atoms with Crippen molar-refractivity contribution in [1.29, 1.82) is 0 Å². The van der Waals surface area contributed by atoms with Crippen LogP contribution in [0, 0.1) is 5.82 Å². The first-order valence-corrected chi connectivity index (χ1v) is 9.98. The number of hydrogen-bond acceptors (Lipinski definition) is 8. The van der Waals surface area contributed by atoms with Crippen molar-refractivity contribution < 1.29 is 14.3 Å². The molecule has 2 aliphatic heterocycles. The molecule has 1 atom stereocenters. The molecule has 1 unspecified atom stereocenters. The van der Waals surface area contributed by atoms with Crippen LogP contribution in [0.3, 0.4) is 0 Å². The minimum atomic E-state index is -1.35. The summed E-state index contributed by atoms with van der Waals surface area (Å²) < 4.78 is 17.5. The molecule has 2 aromatic heterocycles. The molecule has 1 fully saturated rings. The van der Waals surface area contributed by atoms with Crippen LogP contribution in [0.15, 0.2) is 10.2 Å². The zero-order chi connectivity index (χ0) is 20.6. The second kappa shape index (κ2) is 7.99. The largest absolute Gasteiger partial charge is 0.477 e. The van der Waals surface area contributed by atoms with E-state index in [0.717, 1.165) is 12.1 Å². The minimum Gasteiger partial charge on any atom is -0.477 e. The zero-order valence-electron chi connectivity index (χ0n) is 16.3. The Morgan fingerprint density at radius 1 is 1.35 bits per heavy atom. The molecule has 168 valence electrons. The minimum absolute atomic E-state index is 0. The van der Waals surface area contributed by atoms with Crippen LogP contribution in [0.5, 0.6) is 0 Å². The molecule has 3 aromatic rings. The second-order valence-corrected chi connectivity index (χ2v) is 8.34. The van der Waals surface area contributed by atoms with Crippen molar-refractivity contribution in [2.45, 2.75) is 19.0 Å². The standard InChI is InChI=1S/C18H19FN6O3S.2ClH/c1-23-5-8-6-29-17-10(18(27)28)16(26)9-12(22-21)11(19)14(15(23)13(9)25(8)17)24-3-2-7(20)4-24;;/h6-7,22H,2-5,20-21H2,1H3,(H,27,28);2*1H. The Morgan fingerprint density at radius 2 is 2.06 bits per heavy atom. The van der Waals surface area contributed by atoms with Gasteiger partial charge >= 0.3 is 5.97 Å². The Hall–Kier alpha value is -2.31. The predicted octanol–water partition coefficient (Wildman–Crippen LogP) is 1.97. The van der Waals surface area contributed by atoms with Crippen molar-refractivity contribution in [3.8, 4) is 0 Å². The number of pyridine rings is 1. The monoisotopic (exact) mass is 490 g/mol. The molecule has 9 nitrogen and oxygen atoms in total. The van der Waals surface area contributed by atoms with Gasteiger partial charge in [-0.1, -0.05) is 0 Å². The van der Waals surface area contributed by atoms with Crippen LogP contribution >= 0.6 is 36.2 Å². The number of rotatable bonds is 3. The van der Waals surface area contributed by atoms with Gasteiger partial charge in [0.05, 0.1) is 28.8 Å². The first-order chi connectivity index (χ1) is 13.8. The number of aromatic carboxylic acids is 1. The molecule has 13 heteroatoms. The quantitative estimate of drug-likeness (QED) is 0.323. The molecular formula is C18H21Cl2FN6O3S. The van der Waals surface area contributed by atoms with E-state index in [2.05, 4.69) is 5.43 Å². The third kappa shape index (κ3) is 3.03. The number of carboxylic acids is 1. The van der Waals surface area contributed by atoms with E-state index in [1.54, 1.807) is 4.40 Å².